The lowest BCUT2D eigenvalue weighted by molar-refractivity contribution is 0.0942. The van der Waals surface area contributed by atoms with E-state index in [4.69, 9.17) is 0 Å². The Labute approximate surface area is 165 Å². The Morgan fingerprint density at radius 3 is 2.68 bits per heavy atom. The van der Waals surface area contributed by atoms with Gasteiger partial charge in [-0.2, -0.15) is 0 Å². The lowest BCUT2D eigenvalue weighted by Crippen LogP contribution is -2.25. The van der Waals surface area contributed by atoms with E-state index in [1.54, 1.807) is 41.7 Å². The molecule has 2 aromatic carbocycles. The van der Waals surface area contributed by atoms with Gasteiger partial charge >= 0.3 is 0 Å². The van der Waals surface area contributed by atoms with Crippen LogP contribution in [0, 0.1) is 18.6 Å². The van der Waals surface area contributed by atoms with E-state index in [1.807, 2.05) is 23.6 Å². The topological polar surface area (TPSA) is 34.0 Å². The number of halogens is 2. The lowest BCUT2D eigenvalue weighted by Gasteiger charge is -2.12. The SMILES string of the molecule is Cc1cc2c(cc(C(=O)NCc3cccc(F)c3)n2Cc2ccccc2F)s1. The number of hydrogen-bond donors (Lipinski definition) is 1. The van der Waals surface area contributed by atoms with Gasteiger partial charge < -0.3 is 9.88 Å². The maximum absolute atomic E-state index is 14.2. The lowest BCUT2D eigenvalue weighted by atomic mass is 10.2. The molecule has 4 aromatic rings. The largest absolute Gasteiger partial charge is 0.347 e. The van der Waals surface area contributed by atoms with Crippen molar-refractivity contribution in [3.05, 3.63) is 94.0 Å². The number of fused-ring (bicyclic) bond motifs is 1. The first-order valence-electron chi connectivity index (χ1n) is 8.87. The minimum atomic E-state index is -0.342. The van der Waals surface area contributed by atoms with E-state index in [0.29, 0.717) is 16.8 Å². The van der Waals surface area contributed by atoms with Gasteiger partial charge in [0.25, 0.3) is 5.91 Å². The van der Waals surface area contributed by atoms with E-state index in [9.17, 15) is 13.6 Å². The molecule has 2 heterocycles. The van der Waals surface area contributed by atoms with Gasteiger partial charge in [-0.1, -0.05) is 30.3 Å². The highest BCUT2D eigenvalue weighted by Crippen LogP contribution is 2.29. The van der Waals surface area contributed by atoms with Crippen molar-refractivity contribution in [1.82, 2.24) is 9.88 Å². The average Bonchev–Trinajstić information content (AvgIpc) is 3.18. The Morgan fingerprint density at radius 2 is 1.89 bits per heavy atom. The standard InChI is InChI=1S/C22H18F2N2OS/c1-14-9-19-21(28-14)11-20(26(19)13-16-6-2-3-8-18(16)24)22(27)25-12-15-5-4-7-17(23)10-15/h2-11H,12-13H2,1H3,(H,25,27). The molecule has 28 heavy (non-hydrogen) atoms. The highest BCUT2D eigenvalue weighted by Gasteiger charge is 2.18. The summed E-state index contributed by atoms with van der Waals surface area (Å²) in [6, 6.07) is 16.5. The predicted molar refractivity (Wildman–Crippen MR) is 108 cm³/mol. The molecule has 0 spiro atoms. The van der Waals surface area contributed by atoms with Crippen molar-refractivity contribution in [2.45, 2.75) is 20.0 Å². The minimum absolute atomic E-state index is 0.216. The summed E-state index contributed by atoms with van der Waals surface area (Å²) in [6.07, 6.45) is 0. The second-order valence-corrected chi connectivity index (χ2v) is 7.91. The summed E-state index contributed by atoms with van der Waals surface area (Å²) in [5.41, 5.74) is 2.56. The molecule has 0 aliphatic heterocycles. The Bertz CT molecular complexity index is 1160. The fourth-order valence-corrected chi connectivity index (χ4v) is 4.20. The van der Waals surface area contributed by atoms with Crippen molar-refractivity contribution in [3.8, 4) is 0 Å². The van der Waals surface area contributed by atoms with E-state index in [1.165, 1.54) is 18.2 Å². The zero-order chi connectivity index (χ0) is 19.7. The molecule has 3 nitrogen and oxygen atoms in total. The molecule has 142 valence electrons. The summed E-state index contributed by atoms with van der Waals surface area (Å²) >= 11 is 1.59. The quantitative estimate of drug-likeness (QED) is 0.490. The molecule has 0 aliphatic rings. The number of carbonyl (C=O) groups excluding carboxylic acids is 1. The predicted octanol–water partition coefficient (Wildman–Crippen LogP) is 5.27. The van der Waals surface area contributed by atoms with Crippen LogP contribution in [-0.4, -0.2) is 10.5 Å². The zero-order valence-corrected chi connectivity index (χ0v) is 16.0. The van der Waals surface area contributed by atoms with Crippen LogP contribution in [0.25, 0.3) is 10.2 Å². The summed E-state index contributed by atoms with van der Waals surface area (Å²) in [5, 5.41) is 2.83. The van der Waals surface area contributed by atoms with Gasteiger partial charge in [0.05, 0.1) is 16.8 Å². The fraction of sp³-hybridized carbons (Fsp3) is 0.136. The van der Waals surface area contributed by atoms with E-state index < -0.39 is 0 Å². The molecule has 0 bridgehead atoms. The van der Waals surface area contributed by atoms with Crippen LogP contribution >= 0.6 is 11.3 Å². The molecule has 2 aromatic heterocycles. The Hall–Kier alpha value is -2.99. The number of aromatic nitrogens is 1. The summed E-state index contributed by atoms with van der Waals surface area (Å²) in [4.78, 5) is 14.0. The second-order valence-electron chi connectivity index (χ2n) is 6.63. The molecule has 0 saturated carbocycles. The molecular weight excluding hydrogens is 378 g/mol. The first kappa shape index (κ1) is 18.4. The number of rotatable bonds is 5. The highest BCUT2D eigenvalue weighted by molar-refractivity contribution is 7.19. The van der Waals surface area contributed by atoms with Gasteiger partial charge in [0.15, 0.2) is 0 Å². The number of amides is 1. The molecule has 4 rings (SSSR count). The van der Waals surface area contributed by atoms with Crippen LogP contribution < -0.4 is 5.32 Å². The number of benzene rings is 2. The third kappa shape index (κ3) is 3.68. The summed E-state index contributed by atoms with van der Waals surface area (Å²) in [6.45, 7) is 2.48. The van der Waals surface area contributed by atoms with Crippen molar-refractivity contribution >= 4 is 27.5 Å². The summed E-state index contributed by atoms with van der Waals surface area (Å²) in [5.74, 6) is -0.922. The normalized spacial score (nSPS) is 11.1. The van der Waals surface area contributed by atoms with Gasteiger partial charge in [-0.05, 0) is 42.8 Å². The maximum Gasteiger partial charge on any atom is 0.268 e. The first-order chi connectivity index (χ1) is 13.5. The monoisotopic (exact) mass is 396 g/mol. The number of carbonyl (C=O) groups is 1. The zero-order valence-electron chi connectivity index (χ0n) is 15.2. The third-order valence-corrected chi connectivity index (χ3v) is 5.56. The summed E-state index contributed by atoms with van der Waals surface area (Å²) < 4.78 is 30.3. The van der Waals surface area contributed by atoms with Crippen LogP contribution in [0.1, 0.15) is 26.5 Å². The van der Waals surface area contributed by atoms with E-state index in [-0.39, 0.29) is 30.6 Å². The van der Waals surface area contributed by atoms with Gasteiger partial charge in [-0.15, -0.1) is 11.3 Å². The smallest absolute Gasteiger partial charge is 0.268 e. The van der Waals surface area contributed by atoms with Gasteiger partial charge in [-0.3, -0.25) is 4.79 Å². The molecule has 0 atom stereocenters. The molecule has 1 N–H and O–H groups in total. The maximum atomic E-state index is 14.2. The fourth-order valence-electron chi connectivity index (χ4n) is 3.24. The van der Waals surface area contributed by atoms with E-state index in [2.05, 4.69) is 5.32 Å². The van der Waals surface area contributed by atoms with Crippen molar-refractivity contribution < 1.29 is 13.6 Å². The third-order valence-electron chi connectivity index (χ3n) is 4.57. The van der Waals surface area contributed by atoms with Gasteiger partial charge in [-0.25, -0.2) is 8.78 Å². The average molecular weight is 396 g/mol. The Balaban J connectivity index is 1.65. The molecule has 0 saturated heterocycles. The Kier molecular flexibility index (Phi) is 4.96. The van der Waals surface area contributed by atoms with Gasteiger partial charge in [0.1, 0.15) is 17.3 Å². The molecule has 0 aliphatic carbocycles. The molecule has 6 heteroatoms. The molecule has 0 fully saturated rings. The van der Waals surface area contributed by atoms with Crippen molar-refractivity contribution in [1.29, 1.82) is 0 Å². The van der Waals surface area contributed by atoms with Crippen LogP contribution in [0.5, 0.6) is 0 Å². The highest BCUT2D eigenvalue weighted by atomic mass is 32.1. The van der Waals surface area contributed by atoms with Crippen LogP contribution in [0.15, 0.2) is 60.7 Å². The van der Waals surface area contributed by atoms with Crippen LogP contribution in [0.4, 0.5) is 8.78 Å². The molecule has 0 radical (unpaired) electrons. The van der Waals surface area contributed by atoms with Crippen molar-refractivity contribution in [2.75, 3.05) is 0 Å². The Morgan fingerprint density at radius 1 is 1.07 bits per heavy atom. The number of nitrogens with zero attached hydrogens (tertiary/aromatic N) is 1. The number of nitrogens with one attached hydrogen (secondary N) is 1. The van der Waals surface area contributed by atoms with Gasteiger partial charge in [0, 0.05) is 17.0 Å². The van der Waals surface area contributed by atoms with Crippen molar-refractivity contribution in [3.63, 3.8) is 0 Å². The van der Waals surface area contributed by atoms with Crippen LogP contribution in [0.2, 0.25) is 0 Å². The molecule has 0 unspecified atom stereocenters. The van der Waals surface area contributed by atoms with E-state index >= 15 is 0 Å². The van der Waals surface area contributed by atoms with Crippen LogP contribution in [0.3, 0.4) is 0 Å². The summed E-state index contributed by atoms with van der Waals surface area (Å²) in [7, 11) is 0. The second kappa shape index (κ2) is 7.56. The molecular formula is C22H18F2N2OS. The number of thiophene rings is 1. The van der Waals surface area contributed by atoms with Crippen molar-refractivity contribution in [2.24, 2.45) is 0 Å². The van der Waals surface area contributed by atoms with Crippen LogP contribution in [-0.2, 0) is 13.1 Å². The first-order valence-corrected chi connectivity index (χ1v) is 9.68. The van der Waals surface area contributed by atoms with Gasteiger partial charge in [0.2, 0.25) is 0 Å². The van der Waals surface area contributed by atoms with E-state index in [0.717, 1.165) is 15.1 Å². The minimum Gasteiger partial charge on any atom is -0.347 e. The number of hydrogen-bond acceptors (Lipinski definition) is 2. The number of aryl methyl sites for hydroxylation is 1. The molecule has 1 amide bonds.